The summed E-state index contributed by atoms with van der Waals surface area (Å²) in [4.78, 5) is 11.0. The largest absolute Gasteiger partial charge is 0.493 e. The van der Waals surface area contributed by atoms with Crippen LogP contribution in [0.4, 0.5) is 4.39 Å². The van der Waals surface area contributed by atoms with Crippen molar-refractivity contribution in [2.75, 3.05) is 20.3 Å². The van der Waals surface area contributed by atoms with Crippen molar-refractivity contribution in [3.63, 3.8) is 0 Å². The number of ether oxygens (including phenoxy) is 3. The molecule has 0 saturated heterocycles. The number of methoxy groups -OCH3 is 1. The maximum atomic E-state index is 14.2. The van der Waals surface area contributed by atoms with Crippen LogP contribution in [-0.4, -0.2) is 37.5 Å². The summed E-state index contributed by atoms with van der Waals surface area (Å²) in [5.41, 5.74) is 2.80. The Labute approximate surface area is 181 Å². The molecular weight excluding hydrogens is 399 g/mol. The Balaban J connectivity index is 1.42. The second kappa shape index (κ2) is 11.1. The quantitative estimate of drug-likeness (QED) is 0.440. The Bertz CT molecular complexity index is 973. The standard InChI is InChI=1S/C25H25FO5/c1-29-24(25(27)28)17-18-8-13-23(22(26)16-18)31-15-5-14-30-21-11-9-20(10-12-21)19-6-3-2-4-7-19/h2-4,6-13,16,24H,5,14-15,17H2,1H3,(H,27,28). The van der Waals surface area contributed by atoms with E-state index in [0.29, 0.717) is 25.2 Å². The van der Waals surface area contributed by atoms with Crippen LogP contribution in [0.1, 0.15) is 12.0 Å². The maximum absolute atomic E-state index is 14.2. The first-order chi connectivity index (χ1) is 15.1. The highest BCUT2D eigenvalue weighted by molar-refractivity contribution is 5.72. The molecule has 3 aromatic rings. The Hall–Kier alpha value is -3.38. The number of carbonyl (C=O) groups is 1. The summed E-state index contributed by atoms with van der Waals surface area (Å²) in [5.74, 6) is -0.727. The van der Waals surface area contributed by atoms with E-state index in [0.717, 1.165) is 16.9 Å². The summed E-state index contributed by atoms with van der Waals surface area (Å²) in [6, 6.07) is 22.4. The fraction of sp³-hybridized carbons (Fsp3) is 0.240. The van der Waals surface area contributed by atoms with Crippen molar-refractivity contribution in [2.24, 2.45) is 0 Å². The normalized spacial score (nSPS) is 11.7. The van der Waals surface area contributed by atoms with Crippen LogP contribution in [-0.2, 0) is 16.0 Å². The molecule has 162 valence electrons. The first-order valence-corrected chi connectivity index (χ1v) is 10.0. The van der Waals surface area contributed by atoms with E-state index in [2.05, 4.69) is 12.1 Å². The van der Waals surface area contributed by atoms with Gasteiger partial charge in [-0.05, 0) is 41.0 Å². The molecule has 1 N–H and O–H groups in total. The van der Waals surface area contributed by atoms with Crippen LogP contribution in [0.25, 0.3) is 11.1 Å². The van der Waals surface area contributed by atoms with E-state index < -0.39 is 17.9 Å². The third-order valence-corrected chi connectivity index (χ3v) is 4.75. The molecule has 0 radical (unpaired) electrons. The second-order valence-electron chi connectivity index (χ2n) is 6.97. The number of aliphatic carboxylic acids is 1. The zero-order chi connectivity index (χ0) is 22.1. The lowest BCUT2D eigenvalue weighted by molar-refractivity contribution is -0.148. The second-order valence-corrected chi connectivity index (χ2v) is 6.97. The predicted molar refractivity (Wildman–Crippen MR) is 116 cm³/mol. The number of hydrogen-bond acceptors (Lipinski definition) is 4. The molecule has 6 heteroatoms. The van der Waals surface area contributed by atoms with Crippen LogP contribution in [0.2, 0.25) is 0 Å². The molecule has 0 spiro atoms. The molecule has 3 rings (SSSR count). The molecule has 3 aromatic carbocycles. The van der Waals surface area contributed by atoms with E-state index in [1.165, 1.54) is 19.2 Å². The van der Waals surface area contributed by atoms with Gasteiger partial charge in [-0.25, -0.2) is 9.18 Å². The Morgan fingerprint density at radius 3 is 2.26 bits per heavy atom. The molecule has 1 atom stereocenters. The highest BCUT2D eigenvalue weighted by Crippen LogP contribution is 2.22. The number of carboxylic acids is 1. The van der Waals surface area contributed by atoms with Crippen molar-refractivity contribution >= 4 is 5.97 Å². The molecule has 5 nitrogen and oxygen atoms in total. The number of rotatable bonds is 11. The molecule has 0 heterocycles. The summed E-state index contributed by atoms with van der Waals surface area (Å²) >= 11 is 0. The van der Waals surface area contributed by atoms with Gasteiger partial charge < -0.3 is 19.3 Å². The first kappa shape index (κ1) is 22.3. The van der Waals surface area contributed by atoms with E-state index in [9.17, 15) is 9.18 Å². The molecule has 0 fully saturated rings. The van der Waals surface area contributed by atoms with Gasteiger partial charge in [-0.15, -0.1) is 0 Å². The fourth-order valence-corrected chi connectivity index (χ4v) is 3.08. The molecule has 31 heavy (non-hydrogen) atoms. The molecule has 1 unspecified atom stereocenters. The number of hydrogen-bond donors (Lipinski definition) is 1. The van der Waals surface area contributed by atoms with Gasteiger partial charge in [0.15, 0.2) is 17.7 Å². The van der Waals surface area contributed by atoms with Crippen LogP contribution in [0, 0.1) is 5.82 Å². The van der Waals surface area contributed by atoms with Crippen LogP contribution >= 0.6 is 0 Å². The van der Waals surface area contributed by atoms with Crippen molar-refractivity contribution in [2.45, 2.75) is 18.9 Å². The Morgan fingerprint density at radius 2 is 1.61 bits per heavy atom. The van der Waals surface area contributed by atoms with Crippen LogP contribution in [0.15, 0.2) is 72.8 Å². The lowest BCUT2D eigenvalue weighted by Crippen LogP contribution is -2.24. The predicted octanol–water partition coefficient (Wildman–Crippen LogP) is 4.98. The molecule has 0 aromatic heterocycles. The number of benzene rings is 3. The molecule has 0 saturated carbocycles. The van der Waals surface area contributed by atoms with Gasteiger partial charge in [-0.3, -0.25) is 0 Å². The summed E-state index contributed by atoms with van der Waals surface area (Å²) in [6.07, 6.45) is -0.336. The van der Waals surface area contributed by atoms with E-state index in [1.54, 1.807) is 6.07 Å². The molecule has 0 aliphatic carbocycles. The minimum atomic E-state index is -1.09. The highest BCUT2D eigenvalue weighted by atomic mass is 19.1. The van der Waals surface area contributed by atoms with Crippen molar-refractivity contribution in [1.29, 1.82) is 0 Å². The average Bonchev–Trinajstić information content (AvgIpc) is 2.79. The molecular formula is C25H25FO5. The SMILES string of the molecule is COC(Cc1ccc(OCCCOc2ccc(-c3ccccc3)cc2)c(F)c1)C(=O)O. The average molecular weight is 424 g/mol. The molecule has 0 aliphatic rings. The highest BCUT2D eigenvalue weighted by Gasteiger charge is 2.17. The summed E-state index contributed by atoms with van der Waals surface area (Å²) in [6.45, 7) is 0.743. The van der Waals surface area contributed by atoms with Gasteiger partial charge in [0.05, 0.1) is 13.2 Å². The first-order valence-electron chi connectivity index (χ1n) is 10.0. The van der Waals surface area contributed by atoms with E-state index >= 15 is 0 Å². The van der Waals surface area contributed by atoms with Crippen molar-refractivity contribution in [3.8, 4) is 22.6 Å². The zero-order valence-corrected chi connectivity index (χ0v) is 17.3. The Morgan fingerprint density at radius 1 is 0.935 bits per heavy atom. The minimum Gasteiger partial charge on any atom is -0.493 e. The number of halogens is 1. The van der Waals surface area contributed by atoms with Gasteiger partial charge in [0, 0.05) is 20.0 Å². The van der Waals surface area contributed by atoms with Gasteiger partial charge in [0.2, 0.25) is 0 Å². The fourth-order valence-electron chi connectivity index (χ4n) is 3.08. The van der Waals surface area contributed by atoms with E-state index in [1.807, 2.05) is 42.5 Å². The van der Waals surface area contributed by atoms with Crippen LogP contribution in [0.5, 0.6) is 11.5 Å². The zero-order valence-electron chi connectivity index (χ0n) is 17.3. The van der Waals surface area contributed by atoms with Gasteiger partial charge in [0.1, 0.15) is 5.75 Å². The lowest BCUT2D eigenvalue weighted by Gasteiger charge is -2.12. The number of carboxylic acid groups (broad SMARTS) is 1. The summed E-state index contributed by atoms with van der Waals surface area (Å²) < 4.78 is 30.3. The van der Waals surface area contributed by atoms with E-state index in [-0.39, 0.29) is 12.2 Å². The topological polar surface area (TPSA) is 65.0 Å². The van der Waals surface area contributed by atoms with Gasteiger partial charge in [-0.1, -0.05) is 48.5 Å². The van der Waals surface area contributed by atoms with Gasteiger partial charge in [0.25, 0.3) is 0 Å². The summed E-state index contributed by atoms with van der Waals surface area (Å²) in [7, 11) is 1.31. The van der Waals surface area contributed by atoms with Crippen molar-refractivity contribution in [3.05, 3.63) is 84.2 Å². The Kier molecular flexibility index (Phi) is 8.01. The summed E-state index contributed by atoms with van der Waals surface area (Å²) in [5, 5.41) is 9.02. The molecule has 0 amide bonds. The third kappa shape index (κ3) is 6.55. The smallest absolute Gasteiger partial charge is 0.333 e. The van der Waals surface area contributed by atoms with E-state index in [4.69, 9.17) is 19.3 Å². The van der Waals surface area contributed by atoms with Gasteiger partial charge >= 0.3 is 5.97 Å². The van der Waals surface area contributed by atoms with Gasteiger partial charge in [-0.2, -0.15) is 0 Å². The molecule has 0 bridgehead atoms. The molecule has 0 aliphatic heterocycles. The van der Waals surface area contributed by atoms with Crippen LogP contribution < -0.4 is 9.47 Å². The monoisotopic (exact) mass is 424 g/mol. The van der Waals surface area contributed by atoms with Crippen molar-refractivity contribution < 1.29 is 28.5 Å². The van der Waals surface area contributed by atoms with Crippen LogP contribution in [0.3, 0.4) is 0 Å². The maximum Gasteiger partial charge on any atom is 0.333 e. The third-order valence-electron chi connectivity index (χ3n) is 4.75. The lowest BCUT2D eigenvalue weighted by atomic mass is 10.1. The minimum absolute atomic E-state index is 0.0833. The van der Waals surface area contributed by atoms with Crippen molar-refractivity contribution in [1.82, 2.24) is 0 Å².